The van der Waals surface area contributed by atoms with E-state index in [9.17, 15) is 0 Å². The van der Waals surface area contributed by atoms with Crippen LogP contribution in [0.2, 0.25) is 0 Å². The second-order valence-electron chi connectivity index (χ2n) is 3.24. The first kappa shape index (κ1) is 10.4. The molecule has 0 spiro atoms. The molecule has 1 aromatic heterocycles. The summed E-state index contributed by atoms with van der Waals surface area (Å²) in [7, 11) is 1.65. The van der Waals surface area contributed by atoms with Crippen molar-refractivity contribution in [1.29, 1.82) is 0 Å². The zero-order valence-electron chi connectivity index (χ0n) is 8.97. The number of ether oxygens (including phenoxy) is 1. The molecule has 2 aromatic rings. The largest absolute Gasteiger partial charge is 0.497 e. The molecule has 2 rings (SSSR count). The number of hydrogen-bond donors (Lipinski definition) is 2. The van der Waals surface area contributed by atoms with Gasteiger partial charge in [-0.15, -0.1) is 10.2 Å². The summed E-state index contributed by atoms with van der Waals surface area (Å²) in [5.74, 6) is 1.54. The first-order valence-electron chi connectivity index (χ1n) is 4.99. The summed E-state index contributed by atoms with van der Waals surface area (Å²) in [6.45, 7) is 0.757. The Hall–Kier alpha value is -2.11. The molecule has 2 N–H and O–H groups in total. The normalized spacial score (nSPS) is 10.1. The predicted octanol–water partition coefficient (Wildman–Crippen LogP) is 0.863. The quantitative estimate of drug-likeness (QED) is 0.780. The van der Waals surface area contributed by atoms with Gasteiger partial charge >= 0.3 is 0 Å². The van der Waals surface area contributed by atoms with Crippen molar-refractivity contribution in [3.63, 3.8) is 0 Å². The number of aromatic amines is 1. The van der Waals surface area contributed by atoms with E-state index >= 15 is 0 Å². The van der Waals surface area contributed by atoms with Gasteiger partial charge in [-0.1, -0.05) is 11.3 Å². The van der Waals surface area contributed by atoms with Crippen LogP contribution in [0.15, 0.2) is 24.3 Å². The van der Waals surface area contributed by atoms with Gasteiger partial charge in [-0.25, -0.2) is 0 Å². The van der Waals surface area contributed by atoms with Crippen LogP contribution < -0.4 is 10.1 Å². The highest BCUT2D eigenvalue weighted by Gasteiger charge is 1.98. The molecule has 0 bridgehead atoms. The van der Waals surface area contributed by atoms with Crippen LogP contribution in [0.4, 0.5) is 5.69 Å². The first-order valence-corrected chi connectivity index (χ1v) is 4.99. The number of nitrogens with zero attached hydrogens (tertiary/aromatic N) is 3. The fourth-order valence-corrected chi connectivity index (χ4v) is 1.34. The van der Waals surface area contributed by atoms with Gasteiger partial charge in [0.25, 0.3) is 0 Å². The molecule has 6 heteroatoms. The second-order valence-corrected chi connectivity index (χ2v) is 3.24. The Labute approximate surface area is 93.0 Å². The summed E-state index contributed by atoms with van der Waals surface area (Å²) in [6, 6.07) is 7.77. The van der Waals surface area contributed by atoms with Gasteiger partial charge in [-0.3, -0.25) is 0 Å². The number of tetrazole rings is 1. The van der Waals surface area contributed by atoms with Crippen molar-refractivity contribution < 1.29 is 4.74 Å². The van der Waals surface area contributed by atoms with E-state index in [-0.39, 0.29) is 0 Å². The first-order chi connectivity index (χ1) is 7.88. The van der Waals surface area contributed by atoms with Crippen molar-refractivity contribution in [3.05, 3.63) is 30.1 Å². The lowest BCUT2D eigenvalue weighted by Crippen LogP contribution is -2.06. The summed E-state index contributed by atoms with van der Waals surface area (Å²) in [5.41, 5.74) is 1.02. The lowest BCUT2D eigenvalue weighted by Gasteiger charge is -2.06. The van der Waals surface area contributed by atoms with Gasteiger partial charge in [0, 0.05) is 24.7 Å². The van der Waals surface area contributed by atoms with Crippen LogP contribution in [0.1, 0.15) is 5.82 Å². The molecule has 0 unspecified atom stereocenters. The van der Waals surface area contributed by atoms with Crippen LogP contribution in [0.3, 0.4) is 0 Å². The molecule has 0 saturated carbocycles. The van der Waals surface area contributed by atoms with E-state index in [0.29, 0.717) is 5.82 Å². The lowest BCUT2D eigenvalue weighted by atomic mass is 10.3. The van der Waals surface area contributed by atoms with Crippen molar-refractivity contribution in [1.82, 2.24) is 20.6 Å². The number of H-pyrrole nitrogens is 1. The van der Waals surface area contributed by atoms with Gasteiger partial charge in [0.2, 0.25) is 0 Å². The van der Waals surface area contributed by atoms with Gasteiger partial charge < -0.3 is 10.1 Å². The summed E-state index contributed by atoms with van der Waals surface area (Å²) < 4.78 is 5.13. The molecule has 16 heavy (non-hydrogen) atoms. The molecular formula is C10H13N5O. The molecule has 1 heterocycles. The molecule has 0 saturated heterocycles. The van der Waals surface area contributed by atoms with E-state index in [2.05, 4.69) is 25.9 Å². The molecule has 0 atom stereocenters. The number of anilines is 1. The maximum atomic E-state index is 5.13. The Morgan fingerprint density at radius 1 is 1.44 bits per heavy atom. The van der Waals surface area contributed by atoms with Crippen LogP contribution >= 0.6 is 0 Å². The molecule has 0 amide bonds. The average molecular weight is 219 g/mol. The van der Waals surface area contributed by atoms with Gasteiger partial charge in [0.15, 0.2) is 5.82 Å². The Kier molecular flexibility index (Phi) is 3.32. The maximum absolute atomic E-state index is 5.13. The van der Waals surface area contributed by atoms with Crippen LogP contribution in [0.25, 0.3) is 0 Å². The van der Waals surface area contributed by atoms with Gasteiger partial charge in [-0.2, -0.15) is 5.21 Å². The predicted molar refractivity (Wildman–Crippen MR) is 59.4 cm³/mol. The van der Waals surface area contributed by atoms with Crippen LogP contribution in [-0.4, -0.2) is 34.3 Å². The average Bonchev–Trinajstić information content (AvgIpc) is 2.82. The molecule has 1 aromatic carbocycles. The zero-order chi connectivity index (χ0) is 11.2. The smallest absolute Gasteiger partial charge is 0.176 e. The minimum Gasteiger partial charge on any atom is -0.497 e. The Morgan fingerprint density at radius 2 is 2.38 bits per heavy atom. The van der Waals surface area contributed by atoms with E-state index in [1.807, 2.05) is 24.3 Å². The number of hydrogen-bond acceptors (Lipinski definition) is 5. The molecule has 0 fully saturated rings. The summed E-state index contributed by atoms with van der Waals surface area (Å²) in [5, 5.41) is 16.9. The third-order valence-electron chi connectivity index (χ3n) is 2.14. The number of methoxy groups -OCH3 is 1. The highest BCUT2D eigenvalue weighted by atomic mass is 16.5. The fourth-order valence-electron chi connectivity index (χ4n) is 1.34. The standard InChI is InChI=1S/C10H13N5O/c1-16-9-4-2-3-8(7-9)11-6-5-10-12-14-15-13-10/h2-4,7,11H,5-6H2,1H3,(H,12,13,14,15). The van der Waals surface area contributed by atoms with Gasteiger partial charge in [0.05, 0.1) is 7.11 Å². The monoisotopic (exact) mass is 219 g/mol. The number of rotatable bonds is 5. The van der Waals surface area contributed by atoms with Crippen LogP contribution in [-0.2, 0) is 6.42 Å². The lowest BCUT2D eigenvalue weighted by molar-refractivity contribution is 0.415. The van der Waals surface area contributed by atoms with Crippen LogP contribution in [0.5, 0.6) is 5.75 Å². The van der Waals surface area contributed by atoms with E-state index in [1.165, 1.54) is 0 Å². The summed E-state index contributed by atoms with van der Waals surface area (Å²) in [6.07, 6.45) is 0.730. The fraction of sp³-hybridized carbons (Fsp3) is 0.300. The maximum Gasteiger partial charge on any atom is 0.176 e. The Morgan fingerprint density at radius 3 is 3.12 bits per heavy atom. The molecule has 84 valence electrons. The van der Waals surface area contributed by atoms with Crippen molar-refractivity contribution in [2.45, 2.75) is 6.42 Å². The minimum atomic E-state index is 0.704. The van der Waals surface area contributed by atoms with Crippen molar-refractivity contribution in [2.75, 3.05) is 19.0 Å². The Bertz CT molecular complexity index is 429. The highest BCUT2D eigenvalue weighted by molar-refractivity contribution is 5.48. The molecule has 0 aliphatic heterocycles. The molecule has 0 aliphatic rings. The third kappa shape index (κ3) is 2.69. The van der Waals surface area contributed by atoms with E-state index in [0.717, 1.165) is 24.4 Å². The Balaban J connectivity index is 1.85. The number of nitrogens with one attached hydrogen (secondary N) is 2. The summed E-state index contributed by atoms with van der Waals surface area (Å²) >= 11 is 0. The molecule has 0 radical (unpaired) electrons. The summed E-state index contributed by atoms with van der Waals surface area (Å²) in [4.78, 5) is 0. The van der Waals surface area contributed by atoms with E-state index < -0.39 is 0 Å². The minimum absolute atomic E-state index is 0.704. The number of benzene rings is 1. The van der Waals surface area contributed by atoms with Gasteiger partial charge in [0.1, 0.15) is 5.75 Å². The van der Waals surface area contributed by atoms with E-state index in [4.69, 9.17) is 4.74 Å². The van der Waals surface area contributed by atoms with Crippen molar-refractivity contribution in [2.24, 2.45) is 0 Å². The van der Waals surface area contributed by atoms with E-state index in [1.54, 1.807) is 7.11 Å². The SMILES string of the molecule is COc1cccc(NCCc2nn[nH]n2)c1. The number of aromatic nitrogens is 4. The molecule has 6 nitrogen and oxygen atoms in total. The molecule has 0 aliphatic carbocycles. The van der Waals surface area contributed by atoms with Crippen molar-refractivity contribution in [3.8, 4) is 5.75 Å². The van der Waals surface area contributed by atoms with Crippen LogP contribution in [0, 0.1) is 0 Å². The topological polar surface area (TPSA) is 75.7 Å². The second kappa shape index (κ2) is 5.11. The zero-order valence-corrected chi connectivity index (χ0v) is 8.97. The van der Waals surface area contributed by atoms with Gasteiger partial charge in [-0.05, 0) is 12.1 Å². The van der Waals surface area contributed by atoms with Crippen molar-refractivity contribution >= 4 is 5.69 Å². The highest BCUT2D eigenvalue weighted by Crippen LogP contribution is 2.16. The molecular weight excluding hydrogens is 206 g/mol. The third-order valence-corrected chi connectivity index (χ3v) is 2.14.